The highest BCUT2D eigenvalue weighted by molar-refractivity contribution is 6.30. The van der Waals surface area contributed by atoms with Crippen LogP contribution in [0.15, 0.2) is 36.4 Å². The number of carbonyl (C=O) groups excluding carboxylic acids is 1. The lowest BCUT2D eigenvalue weighted by molar-refractivity contribution is -0.384. The second-order valence-electron chi connectivity index (χ2n) is 6.37. The molecule has 1 amide bonds. The normalized spacial score (nSPS) is 14.5. The first kappa shape index (κ1) is 19.9. The maximum absolute atomic E-state index is 13.9. The molecule has 1 fully saturated rings. The first-order valence-corrected chi connectivity index (χ1v) is 9.10. The molecule has 1 saturated heterocycles. The van der Waals surface area contributed by atoms with Crippen LogP contribution in [0.5, 0.6) is 5.75 Å². The average molecular weight is 408 g/mol. The van der Waals surface area contributed by atoms with E-state index in [0.717, 1.165) is 6.07 Å². The van der Waals surface area contributed by atoms with Gasteiger partial charge >= 0.3 is 0 Å². The topological polar surface area (TPSA) is 75.9 Å². The maximum atomic E-state index is 13.9. The Hall–Kier alpha value is -2.87. The molecule has 28 heavy (non-hydrogen) atoms. The third kappa shape index (κ3) is 4.17. The predicted molar refractivity (Wildman–Crippen MR) is 104 cm³/mol. The Morgan fingerprint density at radius 1 is 1.18 bits per heavy atom. The van der Waals surface area contributed by atoms with Crippen molar-refractivity contribution in [3.05, 3.63) is 62.9 Å². The summed E-state index contributed by atoms with van der Waals surface area (Å²) in [6, 6.07) is 8.87. The van der Waals surface area contributed by atoms with E-state index in [4.69, 9.17) is 16.3 Å². The van der Waals surface area contributed by atoms with Gasteiger partial charge in [0, 0.05) is 42.8 Å². The minimum atomic E-state index is -0.785. The number of nitro benzene ring substituents is 1. The zero-order valence-corrected chi connectivity index (χ0v) is 16.0. The number of nitro groups is 1. The molecular weight excluding hydrogens is 389 g/mol. The molecule has 1 aliphatic rings. The number of benzene rings is 2. The first-order chi connectivity index (χ1) is 13.4. The molecule has 2 aromatic rings. The number of carbonyl (C=O) groups is 1. The second kappa shape index (κ2) is 8.43. The summed E-state index contributed by atoms with van der Waals surface area (Å²) in [7, 11) is 1.31. The average Bonchev–Trinajstić information content (AvgIpc) is 2.94. The summed E-state index contributed by atoms with van der Waals surface area (Å²) < 4.78 is 18.9. The van der Waals surface area contributed by atoms with E-state index in [1.807, 2.05) is 0 Å². The Morgan fingerprint density at radius 2 is 1.89 bits per heavy atom. The van der Waals surface area contributed by atoms with E-state index in [2.05, 4.69) is 0 Å². The number of rotatable bonds is 4. The molecule has 9 heteroatoms. The molecule has 7 nitrogen and oxygen atoms in total. The Kier molecular flexibility index (Phi) is 5.99. The molecule has 0 atom stereocenters. The molecule has 1 aliphatic heterocycles. The van der Waals surface area contributed by atoms with E-state index >= 15 is 0 Å². The highest BCUT2D eigenvalue weighted by atomic mass is 35.5. The van der Waals surface area contributed by atoms with E-state index in [1.54, 1.807) is 34.1 Å². The molecule has 0 N–H and O–H groups in total. The van der Waals surface area contributed by atoms with Gasteiger partial charge in [0.2, 0.25) is 0 Å². The van der Waals surface area contributed by atoms with Gasteiger partial charge in [-0.2, -0.15) is 0 Å². The Balaban J connectivity index is 1.81. The minimum absolute atomic E-state index is 0.0565. The summed E-state index contributed by atoms with van der Waals surface area (Å²) >= 11 is 5.87. The van der Waals surface area contributed by atoms with E-state index in [1.165, 1.54) is 13.2 Å². The largest absolute Gasteiger partial charge is 0.494 e. The van der Waals surface area contributed by atoms with Crippen molar-refractivity contribution in [1.82, 2.24) is 4.90 Å². The molecule has 3 rings (SSSR count). The Morgan fingerprint density at radius 3 is 2.54 bits per heavy atom. The number of amides is 1. The number of anilines is 1. The van der Waals surface area contributed by atoms with E-state index < -0.39 is 10.7 Å². The molecule has 0 aromatic heterocycles. The molecule has 2 aromatic carbocycles. The van der Waals surface area contributed by atoms with Crippen molar-refractivity contribution in [2.45, 2.75) is 6.42 Å². The second-order valence-corrected chi connectivity index (χ2v) is 6.81. The van der Waals surface area contributed by atoms with Gasteiger partial charge in [0.1, 0.15) is 5.69 Å². The molecule has 1 heterocycles. The highest BCUT2D eigenvalue weighted by Crippen LogP contribution is 2.35. The van der Waals surface area contributed by atoms with Crippen LogP contribution in [0.25, 0.3) is 0 Å². The summed E-state index contributed by atoms with van der Waals surface area (Å²) in [5.74, 6) is -0.962. The number of nitrogens with zero attached hydrogens (tertiary/aromatic N) is 3. The van der Waals surface area contributed by atoms with Crippen molar-refractivity contribution in [3.63, 3.8) is 0 Å². The molecule has 0 aliphatic carbocycles. The minimum Gasteiger partial charge on any atom is -0.494 e. The third-order valence-electron chi connectivity index (χ3n) is 4.66. The predicted octanol–water partition coefficient (Wildman–Crippen LogP) is 3.75. The van der Waals surface area contributed by atoms with Crippen molar-refractivity contribution in [2.75, 3.05) is 38.2 Å². The number of hydrogen-bond acceptors (Lipinski definition) is 5. The number of ether oxygens (including phenoxy) is 1. The van der Waals surface area contributed by atoms with Gasteiger partial charge in [-0.1, -0.05) is 11.6 Å². The van der Waals surface area contributed by atoms with Crippen molar-refractivity contribution in [2.24, 2.45) is 0 Å². The van der Waals surface area contributed by atoms with Gasteiger partial charge in [-0.05, 0) is 30.7 Å². The lowest BCUT2D eigenvalue weighted by Crippen LogP contribution is -2.35. The fourth-order valence-corrected chi connectivity index (χ4v) is 3.35. The zero-order valence-electron chi connectivity index (χ0n) is 15.2. The van der Waals surface area contributed by atoms with Crippen LogP contribution in [-0.4, -0.2) is 49.0 Å². The van der Waals surface area contributed by atoms with Crippen LogP contribution >= 0.6 is 11.6 Å². The third-order valence-corrected chi connectivity index (χ3v) is 4.91. The quantitative estimate of drug-likeness (QED) is 0.570. The van der Waals surface area contributed by atoms with Gasteiger partial charge < -0.3 is 14.5 Å². The fourth-order valence-electron chi connectivity index (χ4n) is 3.22. The molecule has 0 spiro atoms. The van der Waals surface area contributed by atoms with Gasteiger partial charge in [0.05, 0.1) is 18.1 Å². The lowest BCUT2D eigenvalue weighted by atomic mass is 10.2. The lowest BCUT2D eigenvalue weighted by Gasteiger charge is -2.24. The monoisotopic (exact) mass is 407 g/mol. The number of halogens is 2. The van der Waals surface area contributed by atoms with Crippen LogP contribution in [0.4, 0.5) is 15.8 Å². The van der Waals surface area contributed by atoms with Gasteiger partial charge in [-0.3, -0.25) is 14.9 Å². The van der Waals surface area contributed by atoms with Crippen LogP contribution in [0.3, 0.4) is 0 Å². The van der Waals surface area contributed by atoms with Gasteiger partial charge in [0.15, 0.2) is 11.6 Å². The van der Waals surface area contributed by atoms with E-state index in [-0.39, 0.29) is 23.0 Å². The van der Waals surface area contributed by atoms with Crippen LogP contribution < -0.4 is 9.64 Å². The van der Waals surface area contributed by atoms with Gasteiger partial charge in [-0.15, -0.1) is 0 Å². The van der Waals surface area contributed by atoms with Crippen LogP contribution in [-0.2, 0) is 0 Å². The molecule has 0 saturated carbocycles. The van der Waals surface area contributed by atoms with Crippen molar-refractivity contribution in [3.8, 4) is 5.75 Å². The van der Waals surface area contributed by atoms with Crippen LogP contribution in [0.1, 0.15) is 16.8 Å². The number of hydrogen-bond donors (Lipinski definition) is 0. The molecular formula is C19H19ClFN3O4. The Bertz CT molecular complexity index is 891. The molecule has 0 unspecified atom stereocenters. The van der Waals surface area contributed by atoms with E-state index in [0.29, 0.717) is 43.2 Å². The van der Waals surface area contributed by atoms with Crippen LogP contribution in [0, 0.1) is 15.9 Å². The fraction of sp³-hybridized carbons (Fsp3) is 0.316. The molecule has 0 bridgehead atoms. The van der Waals surface area contributed by atoms with Crippen molar-refractivity contribution < 1.29 is 18.8 Å². The van der Waals surface area contributed by atoms with E-state index in [9.17, 15) is 19.3 Å². The maximum Gasteiger partial charge on any atom is 0.295 e. The summed E-state index contributed by atoms with van der Waals surface area (Å²) in [5.41, 5.74) is 0.493. The smallest absolute Gasteiger partial charge is 0.295 e. The first-order valence-electron chi connectivity index (χ1n) is 8.72. The van der Waals surface area contributed by atoms with Gasteiger partial charge in [0.25, 0.3) is 11.6 Å². The summed E-state index contributed by atoms with van der Waals surface area (Å²) in [6.45, 7) is 1.79. The van der Waals surface area contributed by atoms with Gasteiger partial charge in [-0.25, -0.2) is 4.39 Å². The summed E-state index contributed by atoms with van der Waals surface area (Å²) in [5, 5.41) is 11.9. The van der Waals surface area contributed by atoms with Crippen molar-refractivity contribution in [1.29, 1.82) is 0 Å². The summed E-state index contributed by atoms with van der Waals surface area (Å²) in [6.07, 6.45) is 0.621. The SMILES string of the molecule is COc1cc(N2CCCN(C(=O)c3ccc(Cl)cc3)CC2)c([N+](=O)[O-])cc1F. The highest BCUT2D eigenvalue weighted by Gasteiger charge is 2.26. The van der Waals surface area contributed by atoms with Crippen LogP contribution in [0.2, 0.25) is 5.02 Å². The number of methoxy groups -OCH3 is 1. The molecule has 148 valence electrons. The van der Waals surface area contributed by atoms with Crippen molar-refractivity contribution >= 4 is 28.9 Å². The Labute approximate surface area is 166 Å². The standard InChI is InChI=1S/C19H19ClFN3O4/c1-28-18-12-16(17(24(26)27)11-15(18)21)22-7-2-8-23(10-9-22)19(25)13-3-5-14(20)6-4-13/h3-6,11-12H,2,7-10H2,1H3. The zero-order chi connectivity index (χ0) is 20.3. The molecule has 0 radical (unpaired) electrons. The summed E-state index contributed by atoms with van der Waals surface area (Å²) in [4.78, 5) is 27.0.